The van der Waals surface area contributed by atoms with Crippen LogP contribution in [0.3, 0.4) is 0 Å². The molecule has 0 saturated carbocycles. The van der Waals surface area contributed by atoms with Crippen molar-refractivity contribution in [3.05, 3.63) is 41.0 Å². The summed E-state index contributed by atoms with van der Waals surface area (Å²) in [7, 11) is 0. The number of carbonyl (C=O) groups is 2. The van der Waals surface area contributed by atoms with Crippen LogP contribution >= 0.6 is 0 Å². The van der Waals surface area contributed by atoms with Gasteiger partial charge in [0, 0.05) is 39.2 Å². The lowest BCUT2D eigenvalue weighted by Gasteiger charge is -2.33. The minimum absolute atomic E-state index is 0.0122. The van der Waals surface area contributed by atoms with E-state index in [4.69, 9.17) is 0 Å². The van der Waals surface area contributed by atoms with E-state index in [0.717, 1.165) is 5.56 Å². The first-order valence-corrected chi connectivity index (χ1v) is 7.27. The van der Waals surface area contributed by atoms with Gasteiger partial charge < -0.3 is 9.80 Å². The zero-order valence-electron chi connectivity index (χ0n) is 12.9. The predicted octanol–water partition coefficient (Wildman–Crippen LogP) is 2.01. The first-order valence-electron chi connectivity index (χ1n) is 7.27. The molecule has 1 heterocycles. The Bertz CT molecular complexity index is 570. The number of aryl methyl sites for hydroxylation is 2. The van der Waals surface area contributed by atoms with Crippen molar-refractivity contribution in [2.24, 2.45) is 0 Å². The van der Waals surface area contributed by atoms with Crippen LogP contribution in [0.25, 0.3) is 6.08 Å². The van der Waals surface area contributed by atoms with Gasteiger partial charge in [-0.05, 0) is 31.1 Å². The summed E-state index contributed by atoms with van der Waals surface area (Å²) in [6.45, 7) is 8.13. The lowest BCUT2D eigenvalue weighted by atomic mass is 10.1. The maximum Gasteiger partial charge on any atom is 0.246 e. The van der Waals surface area contributed by atoms with Gasteiger partial charge >= 0.3 is 0 Å². The minimum atomic E-state index is 0.0122. The molecule has 1 aliphatic heterocycles. The molecule has 0 spiro atoms. The normalized spacial score (nSPS) is 15.6. The fourth-order valence-electron chi connectivity index (χ4n) is 2.52. The standard InChI is InChI=1S/C17H22N2O2/c1-13-4-5-16(14(2)12-13)6-7-17(21)19-10-8-18(9-11-19)15(3)20/h4-7,12H,8-11H2,1-3H3/b7-6+. The SMILES string of the molecule is CC(=O)N1CCN(C(=O)/C=C/c2ccc(C)cc2C)CC1. The summed E-state index contributed by atoms with van der Waals surface area (Å²) in [5, 5.41) is 0. The molecule has 2 rings (SSSR count). The van der Waals surface area contributed by atoms with Crippen LogP contribution in [0.2, 0.25) is 0 Å². The first-order chi connectivity index (χ1) is 9.97. The van der Waals surface area contributed by atoms with Gasteiger partial charge in [0.25, 0.3) is 0 Å². The molecule has 0 bridgehead atoms. The summed E-state index contributed by atoms with van der Waals surface area (Å²) in [6, 6.07) is 6.18. The zero-order chi connectivity index (χ0) is 15.4. The van der Waals surface area contributed by atoms with E-state index in [2.05, 4.69) is 13.0 Å². The van der Waals surface area contributed by atoms with E-state index >= 15 is 0 Å². The average molecular weight is 286 g/mol. The molecule has 1 aliphatic rings. The number of hydrogen-bond acceptors (Lipinski definition) is 2. The Labute approximate surface area is 126 Å². The van der Waals surface area contributed by atoms with Crippen molar-refractivity contribution >= 4 is 17.9 Å². The number of amides is 2. The molecule has 21 heavy (non-hydrogen) atoms. The molecule has 1 aromatic rings. The molecule has 1 saturated heterocycles. The molecule has 0 aromatic heterocycles. The molecule has 0 radical (unpaired) electrons. The van der Waals surface area contributed by atoms with Gasteiger partial charge in [-0.1, -0.05) is 23.8 Å². The first kappa shape index (κ1) is 15.3. The van der Waals surface area contributed by atoms with Crippen molar-refractivity contribution < 1.29 is 9.59 Å². The number of carbonyl (C=O) groups excluding carboxylic acids is 2. The Morgan fingerprint density at radius 3 is 2.24 bits per heavy atom. The summed E-state index contributed by atoms with van der Waals surface area (Å²) in [4.78, 5) is 27.0. The van der Waals surface area contributed by atoms with E-state index in [1.165, 1.54) is 11.1 Å². The van der Waals surface area contributed by atoms with Crippen LogP contribution in [0, 0.1) is 13.8 Å². The van der Waals surface area contributed by atoms with Gasteiger partial charge in [0.05, 0.1) is 0 Å². The summed E-state index contributed by atoms with van der Waals surface area (Å²) < 4.78 is 0. The van der Waals surface area contributed by atoms with Gasteiger partial charge in [-0.2, -0.15) is 0 Å². The predicted molar refractivity (Wildman–Crippen MR) is 83.8 cm³/mol. The van der Waals surface area contributed by atoms with Crippen molar-refractivity contribution in [3.8, 4) is 0 Å². The van der Waals surface area contributed by atoms with Gasteiger partial charge in [-0.3, -0.25) is 9.59 Å². The molecular formula is C17H22N2O2. The summed E-state index contributed by atoms with van der Waals surface area (Å²) >= 11 is 0. The summed E-state index contributed by atoms with van der Waals surface area (Å²) in [5.74, 6) is 0.0890. The monoisotopic (exact) mass is 286 g/mol. The molecule has 4 heteroatoms. The quantitative estimate of drug-likeness (QED) is 0.780. The highest BCUT2D eigenvalue weighted by atomic mass is 16.2. The third-order valence-electron chi connectivity index (χ3n) is 3.87. The highest BCUT2D eigenvalue weighted by molar-refractivity contribution is 5.92. The van der Waals surface area contributed by atoms with Gasteiger partial charge in [0.2, 0.25) is 11.8 Å². The van der Waals surface area contributed by atoms with E-state index in [1.807, 2.05) is 25.1 Å². The van der Waals surface area contributed by atoms with Gasteiger partial charge in [-0.15, -0.1) is 0 Å². The Kier molecular flexibility index (Phi) is 4.78. The van der Waals surface area contributed by atoms with Gasteiger partial charge in [0.1, 0.15) is 0 Å². The van der Waals surface area contributed by atoms with E-state index in [0.29, 0.717) is 26.2 Å². The van der Waals surface area contributed by atoms with Crippen LogP contribution in [0.1, 0.15) is 23.6 Å². The topological polar surface area (TPSA) is 40.6 Å². The molecule has 112 valence electrons. The molecule has 1 fully saturated rings. The number of nitrogens with zero attached hydrogens (tertiary/aromatic N) is 2. The second-order valence-corrected chi connectivity index (χ2v) is 5.52. The molecule has 4 nitrogen and oxygen atoms in total. The largest absolute Gasteiger partial charge is 0.339 e. The van der Waals surface area contributed by atoms with E-state index in [9.17, 15) is 9.59 Å². The number of benzene rings is 1. The lowest BCUT2D eigenvalue weighted by Crippen LogP contribution is -2.49. The number of hydrogen-bond donors (Lipinski definition) is 0. The van der Waals surface area contributed by atoms with E-state index < -0.39 is 0 Å². The van der Waals surface area contributed by atoms with Crippen LogP contribution in [-0.4, -0.2) is 47.8 Å². The van der Waals surface area contributed by atoms with Crippen LogP contribution in [0.4, 0.5) is 0 Å². The highest BCUT2D eigenvalue weighted by Crippen LogP contribution is 2.12. The van der Waals surface area contributed by atoms with Crippen LogP contribution in [0.5, 0.6) is 0 Å². The van der Waals surface area contributed by atoms with Crippen LogP contribution in [0.15, 0.2) is 24.3 Å². The van der Waals surface area contributed by atoms with Crippen molar-refractivity contribution in [1.82, 2.24) is 9.80 Å². The summed E-state index contributed by atoms with van der Waals surface area (Å²) in [5.41, 5.74) is 3.45. The Balaban J connectivity index is 1.95. The van der Waals surface area contributed by atoms with Gasteiger partial charge in [-0.25, -0.2) is 0 Å². The fraction of sp³-hybridized carbons (Fsp3) is 0.412. The molecule has 0 N–H and O–H groups in total. The smallest absolute Gasteiger partial charge is 0.246 e. The molecule has 0 unspecified atom stereocenters. The Hall–Kier alpha value is -2.10. The van der Waals surface area contributed by atoms with Gasteiger partial charge in [0.15, 0.2) is 0 Å². The summed E-state index contributed by atoms with van der Waals surface area (Å²) in [6.07, 6.45) is 3.50. The molecule has 2 amide bonds. The van der Waals surface area contributed by atoms with Crippen molar-refractivity contribution in [2.45, 2.75) is 20.8 Å². The third kappa shape index (κ3) is 3.94. The highest BCUT2D eigenvalue weighted by Gasteiger charge is 2.20. The number of rotatable bonds is 2. The molecule has 1 aromatic carbocycles. The van der Waals surface area contributed by atoms with Crippen molar-refractivity contribution in [3.63, 3.8) is 0 Å². The molecular weight excluding hydrogens is 264 g/mol. The van der Waals surface area contributed by atoms with Crippen LogP contribution in [-0.2, 0) is 9.59 Å². The Morgan fingerprint density at radius 2 is 1.67 bits per heavy atom. The number of piperazine rings is 1. The molecule has 0 atom stereocenters. The zero-order valence-corrected chi connectivity index (χ0v) is 12.9. The van der Waals surface area contributed by atoms with Crippen LogP contribution < -0.4 is 0 Å². The second-order valence-electron chi connectivity index (χ2n) is 5.52. The maximum atomic E-state index is 12.2. The van der Waals surface area contributed by atoms with E-state index in [1.54, 1.807) is 22.8 Å². The fourth-order valence-corrected chi connectivity index (χ4v) is 2.52. The van der Waals surface area contributed by atoms with E-state index in [-0.39, 0.29) is 11.8 Å². The Morgan fingerprint density at radius 1 is 1.05 bits per heavy atom. The lowest BCUT2D eigenvalue weighted by molar-refractivity contribution is -0.135. The maximum absolute atomic E-state index is 12.2. The minimum Gasteiger partial charge on any atom is -0.339 e. The molecule has 0 aliphatic carbocycles. The average Bonchev–Trinajstić information content (AvgIpc) is 2.46. The van der Waals surface area contributed by atoms with Crippen molar-refractivity contribution in [2.75, 3.05) is 26.2 Å². The second kappa shape index (κ2) is 6.57. The third-order valence-corrected chi connectivity index (χ3v) is 3.87. The van der Waals surface area contributed by atoms with Crippen molar-refractivity contribution in [1.29, 1.82) is 0 Å².